The molecule has 0 bridgehead atoms. The van der Waals surface area contributed by atoms with Crippen molar-refractivity contribution >= 4 is 12.4 Å². The van der Waals surface area contributed by atoms with Gasteiger partial charge in [0.25, 0.3) is 0 Å². The quantitative estimate of drug-likeness (QED) is 0.787. The molecule has 1 nitrogen and oxygen atoms in total. The Hall–Kier alpha value is -0.530. The zero-order valence-electron chi connectivity index (χ0n) is 8.29. The van der Waals surface area contributed by atoms with Crippen molar-refractivity contribution in [3.8, 4) is 0 Å². The average Bonchev–Trinajstić information content (AvgIpc) is 2.05. The Labute approximate surface area is 87.0 Å². The molecule has 1 N–H and O–H groups in total. The van der Waals surface area contributed by atoms with E-state index in [9.17, 15) is 0 Å². The van der Waals surface area contributed by atoms with Crippen LogP contribution in [0.15, 0.2) is 30.3 Å². The lowest BCUT2D eigenvalue weighted by Crippen LogP contribution is -2.24. The maximum atomic E-state index is 3.39. The second-order valence-electron chi connectivity index (χ2n) is 3.34. The lowest BCUT2D eigenvalue weighted by atomic mass is 10.1. The number of halogens is 1. The van der Waals surface area contributed by atoms with Crippen molar-refractivity contribution in [1.82, 2.24) is 5.32 Å². The van der Waals surface area contributed by atoms with Crippen LogP contribution < -0.4 is 5.32 Å². The smallest absolute Gasteiger partial charge is 0.00105 e. The highest BCUT2D eigenvalue weighted by Crippen LogP contribution is 1.98. The molecule has 0 unspecified atom stereocenters. The molecule has 0 fully saturated rings. The third kappa shape index (κ3) is 5.67. The van der Waals surface area contributed by atoms with Crippen molar-refractivity contribution in [2.45, 2.75) is 26.3 Å². The number of benzene rings is 1. The van der Waals surface area contributed by atoms with Crippen molar-refractivity contribution in [2.75, 3.05) is 6.54 Å². The van der Waals surface area contributed by atoms with Crippen LogP contribution in [0.1, 0.15) is 19.4 Å². The summed E-state index contributed by atoms with van der Waals surface area (Å²) in [6.45, 7) is 5.41. The molecular weight excluding hydrogens is 182 g/mol. The third-order valence-electron chi connectivity index (χ3n) is 1.81. The van der Waals surface area contributed by atoms with Gasteiger partial charge in [0, 0.05) is 6.04 Å². The van der Waals surface area contributed by atoms with Gasteiger partial charge in [0.2, 0.25) is 0 Å². The molecule has 0 radical (unpaired) electrons. The van der Waals surface area contributed by atoms with Crippen LogP contribution in [0.5, 0.6) is 0 Å². The third-order valence-corrected chi connectivity index (χ3v) is 1.81. The molecular formula is C11H18ClN. The maximum Gasteiger partial charge on any atom is 0.00105 e. The molecule has 0 aliphatic rings. The Morgan fingerprint density at radius 3 is 2.31 bits per heavy atom. The molecule has 0 aromatic heterocycles. The van der Waals surface area contributed by atoms with Crippen LogP contribution in [0.2, 0.25) is 0 Å². The predicted molar refractivity (Wildman–Crippen MR) is 60.5 cm³/mol. The van der Waals surface area contributed by atoms with E-state index < -0.39 is 0 Å². The van der Waals surface area contributed by atoms with E-state index in [0.717, 1.165) is 13.0 Å². The van der Waals surface area contributed by atoms with Crippen molar-refractivity contribution in [3.05, 3.63) is 35.9 Å². The van der Waals surface area contributed by atoms with Crippen molar-refractivity contribution in [2.24, 2.45) is 0 Å². The Balaban J connectivity index is 0.00000144. The van der Waals surface area contributed by atoms with Crippen LogP contribution in [0.25, 0.3) is 0 Å². The highest BCUT2D eigenvalue weighted by atomic mass is 35.5. The van der Waals surface area contributed by atoms with Crippen LogP contribution in [0.4, 0.5) is 0 Å². The summed E-state index contributed by atoms with van der Waals surface area (Å²) in [6, 6.07) is 11.2. The summed E-state index contributed by atoms with van der Waals surface area (Å²) >= 11 is 0. The molecule has 0 aliphatic heterocycles. The van der Waals surface area contributed by atoms with E-state index in [-0.39, 0.29) is 12.4 Å². The van der Waals surface area contributed by atoms with Gasteiger partial charge in [-0.1, -0.05) is 44.2 Å². The molecule has 74 valence electrons. The fraction of sp³-hybridized carbons (Fsp3) is 0.455. The normalized spacial score (nSPS) is 9.77. The molecule has 0 spiro atoms. The molecule has 13 heavy (non-hydrogen) atoms. The topological polar surface area (TPSA) is 12.0 Å². The first kappa shape index (κ1) is 12.5. The van der Waals surface area contributed by atoms with Gasteiger partial charge in [-0.2, -0.15) is 0 Å². The van der Waals surface area contributed by atoms with E-state index in [4.69, 9.17) is 0 Å². The monoisotopic (exact) mass is 199 g/mol. The number of hydrogen-bond donors (Lipinski definition) is 1. The van der Waals surface area contributed by atoms with Gasteiger partial charge < -0.3 is 5.32 Å². The minimum absolute atomic E-state index is 0. The summed E-state index contributed by atoms with van der Waals surface area (Å²) in [5.41, 5.74) is 1.41. The molecule has 1 aromatic rings. The average molecular weight is 200 g/mol. The Morgan fingerprint density at radius 1 is 1.15 bits per heavy atom. The SMILES string of the molecule is CC(C)NCCc1ccccc1.Cl. The fourth-order valence-electron chi connectivity index (χ4n) is 1.15. The fourth-order valence-corrected chi connectivity index (χ4v) is 1.15. The summed E-state index contributed by atoms with van der Waals surface area (Å²) in [4.78, 5) is 0. The highest BCUT2D eigenvalue weighted by molar-refractivity contribution is 5.85. The van der Waals surface area contributed by atoms with E-state index in [1.807, 2.05) is 0 Å². The molecule has 0 atom stereocenters. The molecule has 2 heteroatoms. The van der Waals surface area contributed by atoms with E-state index in [2.05, 4.69) is 49.5 Å². The molecule has 1 aromatic carbocycles. The van der Waals surface area contributed by atoms with Crippen molar-refractivity contribution < 1.29 is 0 Å². The molecule has 1 rings (SSSR count). The largest absolute Gasteiger partial charge is 0.314 e. The van der Waals surface area contributed by atoms with Crippen LogP contribution in [0, 0.1) is 0 Å². The van der Waals surface area contributed by atoms with Crippen LogP contribution in [-0.4, -0.2) is 12.6 Å². The van der Waals surface area contributed by atoms with Gasteiger partial charge >= 0.3 is 0 Å². The van der Waals surface area contributed by atoms with Gasteiger partial charge in [-0.25, -0.2) is 0 Å². The van der Waals surface area contributed by atoms with Gasteiger partial charge in [0.05, 0.1) is 0 Å². The number of nitrogens with one attached hydrogen (secondary N) is 1. The first-order chi connectivity index (χ1) is 5.79. The molecule has 0 heterocycles. The Bertz CT molecular complexity index is 209. The van der Waals surface area contributed by atoms with Gasteiger partial charge in [-0.3, -0.25) is 0 Å². The van der Waals surface area contributed by atoms with Gasteiger partial charge in [0.1, 0.15) is 0 Å². The first-order valence-electron chi connectivity index (χ1n) is 4.56. The van der Waals surface area contributed by atoms with E-state index in [1.54, 1.807) is 0 Å². The van der Waals surface area contributed by atoms with Gasteiger partial charge in [-0.05, 0) is 18.5 Å². The van der Waals surface area contributed by atoms with Crippen molar-refractivity contribution in [3.63, 3.8) is 0 Å². The molecule has 0 saturated carbocycles. The first-order valence-corrected chi connectivity index (χ1v) is 4.56. The standard InChI is InChI=1S/C11H17N.ClH/c1-10(2)12-9-8-11-6-4-3-5-7-11;/h3-7,10,12H,8-9H2,1-2H3;1H. The lowest BCUT2D eigenvalue weighted by Gasteiger charge is -2.07. The van der Waals surface area contributed by atoms with Crippen LogP contribution in [0.3, 0.4) is 0 Å². The predicted octanol–water partition coefficient (Wildman–Crippen LogP) is 2.65. The van der Waals surface area contributed by atoms with E-state index >= 15 is 0 Å². The van der Waals surface area contributed by atoms with E-state index in [1.165, 1.54) is 5.56 Å². The highest BCUT2D eigenvalue weighted by Gasteiger charge is 1.92. The number of hydrogen-bond acceptors (Lipinski definition) is 1. The summed E-state index contributed by atoms with van der Waals surface area (Å²) in [5.74, 6) is 0. The Morgan fingerprint density at radius 2 is 1.77 bits per heavy atom. The second kappa shape index (κ2) is 6.93. The molecule has 0 amide bonds. The summed E-state index contributed by atoms with van der Waals surface area (Å²) < 4.78 is 0. The van der Waals surface area contributed by atoms with Crippen LogP contribution >= 0.6 is 12.4 Å². The zero-order valence-corrected chi connectivity index (χ0v) is 9.10. The van der Waals surface area contributed by atoms with Gasteiger partial charge in [-0.15, -0.1) is 12.4 Å². The summed E-state index contributed by atoms with van der Waals surface area (Å²) in [5, 5.41) is 3.39. The molecule has 0 aliphatic carbocycles. The Kier molecular flexibility index (Phi) is 6.65. The maximum absolute atomic E-state index is 3.39. The van der Waals surface area contributed by atoms with Gasteiger partial charge in [0.15, 0.2) is 0 Å². The van der Waals surface area contributed by atoms with E-state index in [0.29, 0.717) is 6.04 Å². The summed E-state index contributed by atoms with van der Waals surface area (Å²) in [7, 11) is 0. The zero-order chi connectivity index (χ0) is 8.81. The lowest BCUT2D eigenvalue weighted by molar-refractivity contribution is 0.590. The van der Waals surface area contributed by atoms with Crippen molar-refractivity contribution in [1.29, 1.82) is 0 Å². The minimum atomic E-state index is 0. The minimum Gasteiger partial charge on any atom is -0.314 e. The number of rotatable bonds is 4. The second-order valence-corrected chi connectivity index (χ2v) is 3.34. The van der Waals surface area contributed by atoms with Crippen LogP contribution in [-0.2, 0) is 6.42 Å². The molecule has 0 saturated heterocycles. The summed E-state index contributed by atoms with van der Waals surface area (Å²) in [6.07, 6.45) is 1.12.